The van der Waals surface area contributed by atoms with E-state index in [2.05, 4.69) is 0 Å². The zero-order chi connectivity index (χ0) is 13.8. The topological polar surface area (TPSA) is 56.5 Å². The fraction of sp³-hybridized carbons (Fsp3) is 0.467. The Bertz CT molecular complexity index is 661. The maximum absolute atomic E-state index is 12.2. The molecular weight excluding hydrogens is 244 g/mol. The molecule has 1 aromatic heterocycles. The fourth-order valence-corrected chi connectivity index (χ4v) is 2.76. The van der Waals surface area contributed by atoms with E-state index < -0.39 is 0 Å². The summed E-state index contributed by atoms with van der Waals surface area (Å²) in [5.74, 6) is 2.00. The molecule has 0 radical (unpaired) electrons. The van der Waals surface area contributed by atoms with E-state index in [4.69, 9.17) is 9.15 Å². The van der Waals surface area contributed by atoms with Crippen molar-refractivity contribution in [3.05, 3.63) is 39.1 Å². The normalized spacial score (nSPS) is 20.7. The Balaban J connectivity index is 2.08. The largest absolute Gasteiger partial charge is 0.462 e. The molecule has 4 nitrogen and oxygen atoms in total. The predicted octanol–water partition coefficient (Wildman–Crippen LogP) is 2.53. The highest BCUT2D eigenvalue weighted by Gasteiger charge is 2.38. The van der Waals surface area contributed by atoms with Crippen LogP contribution in [0.15, 0.2) is 26.6 Å². The number of carbonyl (C=O) groups is 1. The van der Waals surface area contributed by atoms with Crippen LogP contribution < -0.4 is 10.2 Å². The Morgan fingerprint density at radius 1 is 1.21 bits per heavy atom. The van der Waals surface area contributed by atoms with Gasteiger partial charge in [-0.15, -0.1) is 0 Å². The van der Waals surface area contributed by atoms with Crippen LogP contribution in [0.5, 0.6) is 5.75 Å². The molecule has 0 aromatic carbocycles. The Hall–Kier alpha value is -1.84. The third kappa shape index (κ3) is 2.01. The number of fused-ring (bicyclic) bond motifs is 1. The highest BCUT2D eigenvalue weighted by Crippen LogP contribution is 2.41. The molecule has 0 atom stereocenters. The first-order chi connectivity index (χ1) is 8.85. The number of ketones is 1. The van der Waals surface area contributed by atoms with E-state index in [1.807, 2.05) is 13.8 Å². The van der Waals surface area contributed by atoms with Crippen molar-refractivity contribution in [1.29, 1.82) is 0 Å². The van der Waals surface area contributed by atoms with E-state index in [0.717, 1.165) is 0 Å². The van der Waals surface area contributed by atoms with Gasteiger partial charge in [0, 0.05) is 30.9 Å². The molecule has 4 heteroatoms. The highest BCUT2D eigenvalue weighted by molar-refractivity contribution is 5.98. The summed E-state index contributed by atoms with van der Waals surface area (Å²) in [6.45, 7) is 5.79. The van der Waals surface area contributed by atoms with Crippen molar-refractivity contribution in [3.63, 3.8) is 0 Å². The van der Waals surface area contributed by atoms with Crippen molar-refractivity contribution < 1.29 is 13.9 Å². The summed E-state index contributed by atoms with van der Waals surface area (Å²) in [5.41, 5.74) is 0.375. The first-order valence-electron chi connectivity index (χ1n) is 6.42. The van der Waals surface area contributed by atoms with E-state index in [1.165, 1.54) is 6.07 Å². The van der Waals surface area contributed by atoms with Crippen LogP contribution in [0, 0.1) is 12.3 Å². The summed E-state index contributed by atoms with van der Waals surface area (Å²) in [5, 5.41) is 0. The van der Waals surface area contributed by atoms with Crippen LogP contribution in [-0.4, -0.2) is 5.78 Å². The molecule has 0 N–H and O–H groups in total. The van der Waals surface area contributed by atoms with Crippen molar-refractivity contribution in [1.82, 2.24) is 0 Å². The number of hydrogen-bond acceptors (Lipinski definition) is 4. The SMILES string of the molecule is Cc1cc(=O)c2c(o1)CC1=C(CC(C)(C)CC1=O)O2. The van der Waals surface area contributed by atoms with E-state index in [9.17, 15) is 9.59 Å². The zero-order valence-electron chi connectivity index (χ0n) is 11.3. The quantitative estimate of drug-likeness (QED) is 0.719. The number of allylic oxidation sites excluding steroid dienone is 2. The summed E-state index contributed by atoms with van der Waals surface area (Å²) in [6, 6.07) is 1.42. The van der Waals surface area contributed by atoms with Crippen LogP contribution in [0.2, 0.25) is 0 Å². The second-order valence-electron chi connectivity index (χ2n) is 6.10. The van der Waals surface area contributed by atoms with Gasteiger partial charge in [-0.1, -0.05) is 13.8 Å². The van der Waals surface area contributed by atoms with Crippen LogP contribution in [0.25, 0.3) is 0 Å². The first kappa shape index (κ1) is 12.2. The fourth-order valence-electron chi connectivity index (χ4n) is 2.76. The third-order valence-corrected chi connectivity index (χ3v) is 3.61. The molecule has 1 aliphatic heterocycles. The second kappa shape index (κ2) is 3.83. The number of aryl methyl sites for hydroxylation is 1. The molecule has 3 rings (SSSR count). The highest BCUT2D eigenvalue weighted by atomic mass is 16.5. The van der Waals surface area contributed by atoms with Crippen molar-refractivity contribution in [2.75, 3.05) is 0 Å². The molecule has 100 valence electrons. The number of carbonyl (C=O) groups excluding carboxylic acids is 1. The van der Waals surface area contributed by atoms with Crippen LogP contribution in [0.3, 0.4) is 0 Å². The Morgan fingerprint density at radius 2 is 1.95 bits per heavy atom. The standard InChI is InChI=1S/C15H16O4/c1-8-4-10(16)14-12(18-8)5-9-11(17)6-15(2,3)7-13(9)19-14/h4H,5-7H2,1-3H3. The van der Waals surface area contributed by atoms with Gasteiger partial charge in [-0.25, -0.2) is 0 Å². The number of Topliss-reactive ketones (excluding diaryl/α,β-unsaturated/α-hetero) is 1. The minimum absolute atomic E-state index is 0.0982. The lowest BCUT2D eigenvalue weighted by Crippen LogP contribution is -2.31. The van der Waals surface area contributed by atoms with Gasteiger partial charge in [-0.2, -0.15) is 0 Å². The Kier molecular flexibility index (Phi) is 2.46. The molecule has 0 saturated carbocycles. The van der Waals surface area contributed by atoms with Crippen molar-refractivity contribution >= 4 is 5.78 Å². The van der Waals surface area contributed by atoms with E-state index in [0.29, 0.717) is 42.1 Å². The maximum atomic E-state index is 12.2. The number of rotatable bonds is 0. The van der Waals surface area contributed by atoms with Gasteiger partial charge in [0.25, 0.3) is 0 Å². The number of hydrogen-bond donors (Lipinski definition) is 0. The van der Waals surface area contributed by atoms with Gasteiger partial charge < -0.3 is 9.15 Å². The molecule has 1 aromatic rings. The third-order valence-electron chi connectivity index (χ3n) is 3.61. The van der Waals surface area contributed by atoms with Crippen molar-refractivity contribution in [2.24, 2.45) is 5.41 Å². The van der Waals surface area contributed by atoms with Gasteiger partial charge in [0.2, 0.25) is 11.2 Å². The molecule has 2 aliphatic rings. The molecule has 0 fully saturated rings. The van der Waals surface area contributed by atoms with Crippen molar-refractivity contribution in [3.8, 4) is 5.75 Å². The summed E-state index contributed by atoms with van der Waals surface area (Å²) in [7, 11) is 0. The minimum Gasteiger partial charge on any atom is -0.462 e. The summed E-state index contributed by atoms with van der Waals surface area (Å²) < 4.78 is 11.2. The summed E-state index contributed by atoms with van der Waals surface area (Å²) in [4.78, 5) is 24.1. The average Bonchev–Trinajstić information content (AvgIpc) is 2.26. The van der Waals surface area contributed by atoms with Gasteiger partial charge >= 0.3 is 0 Å². The molecular formula is C15H16O4. The molecule has 0 amide bonds. The van der Waals surface area contributed by atoms with Gasteiger partial charge in [-0.3, -0.25) is 9.59 Å². The lowest BCUT2D eigenvalue weighted by molar-refractivity contribution is -0.118. The maximum Gasteiger partial charge on any atom is 0.227 e. The van der Waals surface area contributed by atoms with Gasteiger partial charge in [0.15, 0.2) is 11.5 Å². The van der Waals surface area contributed by atoms with E-state index >= 15 is 0 Å². The summed E-state index contributed by atoms with van der Waals surface area (Å²) >= 11 is 0. The zero-order valence-corrected chi connectivity index (χ0v) is 11.3. The van der Waals surface area contributed by atoms with Gasteiger partial charge in [0.05, 0.1) is 0 Å². The minimum atomic E-state index is -0.180. The molecule has 0 unspecified atom stereocenters. The molecule has 19 heavy (non-hydrogen) atoms. The van der Waals surface area contributed by atoms with Gasteiger partial charge in [-0.05, 0) is 12.3 Å². The lowest BCUT2D eigenvalue weighted by atomic mass is 9.75. The van der Waals surface area contributed by atoms with Crippen LogP contribution in [-0.2, 0) is 11.2 Å². The Labute approximate surface area is 111 Å². The van der Waals surface area contributed by atoms with E-state index in [1.54, 1.807) is 6.92 Å². The predicted molar refractivity (Wildman–Crippen MR) is 69.1 cm³/mol. The molecule has 0 spiro atoms. The average molecular weight is 260 g/mol. The molecule has 0 bridgehead atoms. The van der Waals surface area contributed by atoms with Crippen molar-refractivity contribution in [2.45, 2.75) is 40.0 Å². The molecule has 0 saturated heterocycles. The Morgan fingerprint density at radius 3 is 2.68 bits per heavy atom. The van der Waals surface area contributed by atoms with Gasteiger partial charge in [0.1, 0.15) is 11.5 Å². The first-order valence-corrected chi connectivity index (χ1v) is 6.42. The number of ether oxygens (including phenoxy) is 1. The van der Waals surface area contributed by atoms with E-state index in [-0.39, 0.29) is 22.4 Å². The summed E-state index contributed by atoms with van der Waals surface area (Å²) in [6.07, 6.45) is 1.57. The lowest BCUT2D eigenvalue weighted by Gasteiger charge is -2.33. The smallest absolute Gasteiger partial charge is 0.227 e. The monoisotopic (exact) mass is 260 g/mol. The van der Waals surface area contributed by atoms with Crippen LogP contribution >= 0.6 is 0 Å². The molecule has 1 aliphatic carbocycles. The second-order valence-corrected chi connectivity index (χ2v) is 6.10. The van der Waals surface area contributed by atoms with Crippen LogP contribution in [0.1, 0.15) is 38.2 Å². The van der Waals surface area contributed by atoms with Crippen LogP contribution in [0.4, 0.5) is 0 Å². The molecule has 2 heterocycles.